The topological polar surface area (TPSA) is 75.7 Å². The number of carbonyl (C=O) groups is 1. The van der Waals surface area contributed by atoms with Crippen LogP contribution in [0.2, 0.25) is 0 Å². The Hall–Kier alpha value is -1.20. The van der Waals surface area contributed by atoms with Gasteiger partial charge in [0, 0.05) is 11.8 Å². The minimum atomic E-state index is -1.10. The largest absolute Gasteiger partial charge is 0.364 e. The molecule has 3 saturated heterocycles. The Morgan fingerprint density at radius 2 is 1.83 bits per heavy atom. The Morgan fingerprint density at radius 1 is 1.07 bits per heavy atom. The number of ether oxygens (including phenoxy) is 5. The minimum absolute atomic E-state index is 0.332. The molecule has 9 heteroatoms. The Bertz CT molecular complexity index is 862. The molecule has 5 atom stereocenters. The third-order valence-electron chi connectivity index (χ3n) is 5.64. The second-order valence-electron chi connectivity index (χ2n) is 8.93. The lowest BCUT2D eigenvalue weighted by Gasteiger charge is -2.44. The van der Waals surface area contributed by atoms with Gasteiger partial charge in [-0.3, -0.25) is 4.79 Å². The van der Waals surface area contributed by atoms with E-state index in [1.54, 1.807) is 5.06 Å². The maximum absolute atomic E-state index is 12.0. The van der Waals surface area contributed by atoms with Crippen molar-refractivity contribution >= 4 is 17.7 Å². The Balaban J connectivity index is 1.55. The first-order valence-corrected chi connectivity index (χ1v) is 11.0. The maximum atomic E-state index is 12.0. The van der Waals surface area contributed by atoms with Gasteiger partial charge in [-0.05, 0) is 39.3 Å². The van der Waals surface area contributed by atoms with Crippen molar-refractivity contribution in [3.63, 3.8) is 0 Å². The quantitative estimate of drug-likeness (QED) is 0.694. The molecule has 8 nitrogen and oxygen atoms in total. The van der Waals surface area contributed by atoms with Crippen molar-refractivity contribution in [2.75, 3.05) is 6.61 Å². The van der Waals surface area contributed by atoms with E-state index in [-0.39, 0.29) is 6.10 Å². The molecule has 0 radical (unpaired) electrons. The number of rotatable bonds is 2. The predicted octanol–water partition coefficient (Wildman–Crippen LogP) is 2.80. The van der Waals surface area contributed by atoms with Crippen LogP contribution in [0, 0.1) is 0 Å². The summed E-state index contributed by atoms with van der Waals surface area (Å²) >= 11 is 1.48. The highest BCUT2D eigenvalue weighted by Crippen LogP contribution is 2.57. The average Bonchev–Trinajstić information content (AvgIpc) is 3.26. The first-order chi connectivity index (χ1) is 14.1. The molecule has 0 aliphatic carbocycles. The lowest BCUT2D eigenvalue weighted by atomic mass is 10.1. The normalized spacial score (nSPS) is 39.1. The van der Waals surface area contributed by atoms with E-state index in [9.17, 15) is 4.79 Å². The van der Waals surface area contributed by atoms with Gasteiger partial charge in [-0.1, -0.05) is 35.0 Å². The lowest BCUT2D eigenvalue weighted by Crippen LogP contribution is -2.56. The third-order valence-corrected chi connectivity index (χ3v) is 7.09. The summed E-state index contributed by atoms with van der Waals surface area (Å²) in [6, 6.07) is 8.01. The van der Waals surface area contributed by atoms with Gasteiger partial charge in [0.05, 0.1) is 13.2 Å². The van der Waals surface area contributed by atoms with Gasteiger partial charge in [0.2, 0.25) is 5.06 Å². The Morgan fingerprint density at radius 3 is 2.53 bits per heavy atom. The summed E-state index contributed by atoms with van der Waals surface area (Å²) in [7, 11) is 0. The number of hydroxylamine groups is 2. The fourth-order valence-corrected chi connectivity index (χ4v) is 5.93. The summed E-state index contributed by atoms with van der Waals surface area (Å²) < 4.78 is 31.2. The molecule has 30 heavy (non-hydrogen) atoms. The van der Waals surface area contributed by atoms with Gasteiger partial charge in [-0.2, -0.15) is 0 Å². The second kappa shape index (κ2) is 6.90. The van der Waals surface area contributed by atoms with E-state index in [4.69, 9.17) is 28.5 Å². The van der Waals surface area contributed by atoms with Crippen LogP contribution < -0.4 is 0 Å². The van der Waals surface area contributed by atoms with Gasteiger partial charge in [0.1, 0.15) is 24.4 Å². The van der Waals surface area contributed by atoms with E-state index in [1.165, 1.54) is 18.7 Å². The van der Waals surface area contributed by atoms with Crippen molar-refractivity contribution in [3.05, 3.63) is 29.8 Å². The fraction of sp³-hybridized carbons (Fsp3) is 0.667. The molecular formula is C21H27NO7S. The smallest absolute Gasteiger partial charge is 0.322 e. The van der Waals surface area contributed by atoms with Crippen LogP contribution in [-0.2, 0) is 39.9 Å². The molecule has 5 rings (SSSR count). The molecule has 1 aromatic rings. The molecule has 1 aromatic carbocycles. The second-order valence-corrected chi connectivity index (χ2v) is 10.2. The average molecular weight is 438 g/mol. The van der Waals surface area contributed by atoms with E-state index in [2.05, 4.69) is 0 Å². The molecule has 1 spiro atoms. The number of thioether (sulfide) groups is 1. The van der Waals surface area contributed by atoms with Crippen LogP contribution in [0.15, 0.2) is 29.2 Å². The van der Waals surface area contributed by atoms with E-state index < -0.39 is 40.9 Å². The molecule has 0 amide bonds. The highest BCUT2D eigenvalue weighted by atomic mass is 32.2. The van der Waals surface area contributed by atoms with E-state index >= 15 is 0 Å². The molecule has 4 aliphatic heterocycles. The zero-order chi connectivity index (χ0) is 21.3. The standard InChI is InChI=1S/C21H27NO7S/c1-12(23)29-22-10-13-8-6-7-9-15(13)30-21(22)18-17(26-20(4,5)28-18)16(27-21)14-11-24-19(2,3)25-14/h6-9,14,16-18H,10-11H2,1-5H3/t14?,16-,17+,18+,21+/m1/s1. The van der Waals surface area contributed by atoms with Crippen molar-refractivity contribution in [1.29, 1.82) is 0 Å². The highest BCUT2D eigenvalue weighted by Gasteiger charge is 2.70. The molecule has 1 unspecified atom stereocenters. The zero-order valence-electron chi connectivity index (χ0n) is 17.7. The fourth-order valence-electron chi connectivity index (χ4n) is 4.55. The van der Waals surface area contributed by atoms with Gasteiger partial charge in [-0.15, -0.1) is 0 Å². The van der Waals surface area contributed by atoms with E-state index in [1.807, 2.05) is 52.0 Å². The van der Waals surface area contributed by atoms with Crippen LogP contribution in [0.3, 0.4) is 0 Å². The van der Waals surface area contributed by atoms with E-state index in [0.29, 0.717) is 13.2 Å². The summed E-state index contributed by atoms with van der Waals surface area (Å²) in [6.45, 7) is 9.66. The summed E-state index contributed by atoms with van der Waals surface area (Å²) in [4.78, 5) is 18.7. The number of hydrogen-bond acceptors (Lipinski definition) is 9. The SMILES string of the molecule is CC(=O)ON1Cc2ccccc2S[C@]12O[C@H](C1COC(C)(C)O1)[C@@H]1OC(C)(C)O[C@@H]12. The van der Waals surface area contributed by atoms with Gasteiger partial charge in [-0.25, -0.2) is 0 Å². The summed E-state index contributed by atoms with van der Waals surface area (Å²) in [5, 5.41) is 0.491. The maximum Gasteiger partial charge on any atom is 0.322 e. The molecule has 0 bridgehead atoms. The van der Waals surface area contributed by atoms with Crippen LogP contribution in [0.25, 0.3) is 0 Å². The minimum Gasteiger partial charge on any atom is -0.364 e. The van der Waals surface area contributed by atoms with Crippen molar-refractivity contribution in [2.45, 2.75) is 87.1 Å². The highest BCUT2D eigenvalue weighted by molar-refractivity contribution is 8.00. The Kier molecular flexibility index (Phi) is 4.76. The summed E-state index contributed by atoms with van der Waals surface area (Å²) in [5.74, 6) is -1.92. The van der Waals surface area contributed by atoms with Crippen LogP contribution >= 0.6 is 11.8 Å². The first-order valence-electron chi connectivity index (χ1n) is 10.2. The molecule has 0 aromatic heterocycles. The van der Waals surface area contributed by atoms with Gasteiger partial charge < -0.3 is 28.5 Å². The van der Waals surface area contributed by atoms with Crippen LogP contribution in [0.5, 0.6) is 0 Å². The van der Waals surface area contributed by atoms with Crippen molar-refractivity contribution in [3.8, 4) is 0 Å². The number of hydrogen-bond donors (Lipinski definition) is 0. The lowest BCUT2D eigenvalue weighted by molar-refractivity contribution is -0.298. The van der Waals surface area contributed by atoms with Crippen LogP contribution in [0.4, 0.5) is 0 Å². The van der Waals surface area contributed by atoms with E-state index in [0.717, 1.165) is 10.5 Å². The molecule has 3 fully saturated rings. The number of nitrogens with zero attached hydrogens (tertiary/aromatic N) is 1. The zero-order valence-corrected chi connectivity index (χ0v) is 18.6. The molecule has 0 N–H and O–H groups in total. The third kappa shape index (κ3) is 3.37. The summed E-state index contributed by atoms with van der Waals surface area (Å²) in [6.07, 6.45) is -1.68. The van der Waals surface area contributed by atoms with Crippen LogP contribution in [-0.4, -0.2) is 58.7 Å². The summed E-state index contributed by atoms with van der Waals surface area (Å²) in [5.41, 5.74) is 1.05. The molecule has 0 saturated carbocycles. The number of benzene rings is 1. The van der Waals surface area contributed by atoms with Crippen molar-refractivity contribution in [1.82, 2.24) is 5.06 Å². The Labute approximate surface area is 180 Å². The van der Waals surface area contributed by atoms with Crippen molar-refractivity contribution < 1.29 is 33.3 Å². The number of fused-ring (bicyclic) bond motifs is 3. The molecule has 4 aliphatic rings. The molecular weight excluding hydrogens is 410 g/mol. The van der Waals surface area contributed by atoms with Gasteiger partial charge in [0.15, 0.2) is 11.6 Å². The molecule has 4 heterocycles. The van der Waals surface area contributed by atoms with Gasteiger partial charge in [0.25, 0.3) is 0 Å². The monoisotopic (exact) mass is 437 g/mol. The van der Waals surface area contributed by atoms with Crippen LogP contribution in [0.1, 0.15) is 40.2 Å². The molecule has 164 valence electrons. The predicted molar refractivity (Wildman–Crippen MR) is 106 cm³/mol. The first kappa shape index (κ1) is 20.7. The van der Waals surface area contributed by atoms with Crippen molar-refractivity contribution in [2.24, 2.45) is 0 Å². The number of carbonyl (C=O) groups excluding carboxylic acids is 1. The van der Waals surface area contributed by atoms with Gasteiger partial charge >= 0.3 is 5.97 Å².